The fraction of sp³-hybridized carbons (Fsp3) is 0.786. The van der Waals surface area contributed by atoms with Crippen molar-refractivity contribution in [2.24, 2.45) is 5.92 Å². The molecule has 0 aromatic carbocycles. The molecule has 2 rings (SSSR count). The molecule has 0 aliphatic heterocycles. The maximum Gasteiger partial charge on any atom is 0.0718 e. The van der Waals surface area contributed by atoms with Crippen molar-refractivity contribution in [1.29, 1.82) is 0 Å². The molecule has 1 aromatic rings. The topological polar surface area (TPSA) is 38.0 Å². The molecule has 1 aliphatic carbocycles. The first-order chi connectivity index (χ1) is 8.30. The first kappa shape index (κ1) is 12.6. The average molecular weight is 236 g/mol. The molecule has 1 heterocycles. The van der Waals surface area contributed by atoms with E-state index in [2.05, 4.69) is 18.5 Å². The summed E-state index contributed by atoms with van der Waals surface area (Å²) in [4.78, 5) is 0. The Labute approximate surface area is 104 Å². The molecule has 0 unspecified atom stereocenters. The number of aliphatic hydroxyl groups excluding tert-OH is 1. The van der Waals surface area contributed by atoms with Gasteiger partial charge in [0, 0.05) is 17.8 Å². The summed E-state index contributed by atoms with van der Waals surface area (Å²) < 4.78 is 2.17. The molecule has 1 aromatic heterocycles. The van der Waals surface area contributed by atoms with E-state index in [0.29, 0.717) is 0 Å². The Morgan fingerprint density at radius 1 is 1.24 bits per heavy atom. The molecule has 0 spiro atoms. The normalized spacial score (nSPS) is 16.9. The zero-order valence-electron chi connectivity index (χ0n) is 11.1. The van der Waals surface area contributed by atoms with Crippen molar-refractivity contribution in [3.05, 3.63) is 17.0 Å². The van der Waals surface area contributed by atoms with E-state index < -0.39 is 0 Å². The molecule has 17 heavy (non-hydrogen) atoms. The summed E-state index contributed by atoms with van der Waals surface area (Å²) in [5, 5.41) is 14.2. The molecule has 1 N–H and O–H groups in total. The van der Waals surface area contributed by atoms with Gasteiger partial charge in [-0.05, 0) is 31.6 Å². The molecule has 1 saturated carbocycles. The van der Waals surface area contributed by atoms with Crippen LogP contribution < -0.4 is 0 Å². The number of hydrogen-bond donors (Lipinski definition) is 1. The van der Waals surface area contributed by atoms with Crippen LogP contribution in [0.25, 0.3) is 0 Å². The highest BCUT2D eigenvalue weighted by Gasteiger charge is 2.20. The van der Waals surface area contributed by atoms with Gasteiger partial charge >= 0.3 is 0 Å². The quantitative estimate of drug-likeness (QED) is 0.853. The minimum atomic E-state index is 0.136. The summed E-state index contributed by atoms with van der Waals surface area (Å²) in [6, 6.07) is 0. The van der Waals surface area contributed by atoms with Gasteiger partial charge in [-0.15, -0.1) is 0 Å². The number of nitrogens with zero attached hydrogens (tertiary/aromatic N) is 2. The second-order valence-electron chi connectivity index (χ2n) is 5.07. The van der Waals surface area contributed by atoms with Gasteiger partial charge in [0.15, 0.2) is 0 Å². The lowest BCUT2D eigenvalue weighted by Crippen LogP contribution is -2.12. The molecule has 0 amide bonds. The Balaban J connectivity index is 2.22. The zero-order chi connectivity index (χ0) is 12.3. The third-order valence-electron chi connectivity index (χ3n) is 3.98. The zero-order valence-corrected chi connectivity index (χ0v) is 11.1. The molecule has 1 fully saturated rings. The Morgan fingerprint density at radius 3 is 2.47 bits per heavy atom. The van der Waals surface area contributed by atoms with Crippen LogP contribution in [0.4, 0.5) is 0 Å². The Bertz CT molecular complexity index is 365. The molecule has 0 bridgehead atoms. The number of aryl methyl sites for hydroxylation is 1. The third-order valence-corrected chi connectivity index (χ3v) is 3.98. The van der Waals surface area contributed by atoms with E-state index in [0.717, 1.165) is 36.6 Å². The lowest BCUT2D eigenvalue weighted by molar-refractivity contribution is 0.279. The van der Waals surface area contributed by atoms with Crippen LogP contribution in [0, 0.1) is 5.92 Å². The standard InChI is InChI=1S/C14H24N2O/c1-3-13-12(10-17)14(4-2)16(15-13)9-11-7-5-6-8-11/h11,17H,3-10H2,1-2H3. The van der Waals surface area contributed by atoms with E-state index in [1.807, 2.05) is 0 Å². The average Bonchev–Trinajstić information content (AvgIpc) is 2.96. The maximum absolute atomic E-state index is 9.48. The van der Waals surface area contributed by atoms with Gasteiger partial charge in [-0.1, -0.05) is 26.7 Å². The first-order valence-corrected chi connectivity index (χ1v) is 6.98. The molecular formula is C14H24N2O. The van der Waals surface area contributed by atoms with Crippen LogP contribution in [0.15, 0.2) is 0 Å². The summed E-state index contributed by atoms with van der Waals surface area (Å²) in [5.41, 5.74) is 3.41. The number of rotatable bonds is 5. The van der Waals surface area contributed by atoms with Gasteiger partial charge in [0.2, 0.25) is 0 Å². The van der Waals surface area contributed by atoms with Gasteiger partial charge in [-0.25, -0.2) is 0 Å². The molecule has 0 saturated heterocycles. The predicted molar refractivity (Wildman–Crippen MR) is 68.9 cm³/mol. The molecule has 96 valence electrons. The molecule has 3 nitrogen and oxygen atoms in total. The van der Waals surface area contributed by atoms with Gasteiger partial charge in [-0.2, -0.15) is 5.10 Å². The summed E-state index contributed by atoms with van der Waals surface area (Å²) in [7, 11) is 0. The summed E-state index contributed by atoms with van der Waals surface area (Å²) in [6.45, 7) is 5.45. The SMILES string of the molecule is CCc1nn(CC2CCCC2)c(CC)c1CO. The number of aromatic nitrogens is 2. The number of aliphatic hydroxyl groups is 1. The van der Waals surface area contributed by atoms with Crippen molar-refractivity contribution in [3.63, 3.8) is 0 Å². The van der Waals surface area contributed by atoms with E-state index in [9.17, 15) is 5.11 Å². The van der Waals surface area contributed by atoms with Crippen LogP contribution >= 0.6 is 0 Å². The third kappa shape index (κ3) is 2.54. The van der Waals surface area contributed by atoms with Gasteiger partial charge in [-0.3, -0.25) is 4.68 Å². The molecule has 1 aliphatic rings. The predicted octanol–water partition coefficient (Wildman–Crippen LogP) is 2.69. The fourth-order valence-electron chi connectivity index (χ4n) is 3.04. The van der Waals surface area contributed by atoms with Gasteiger partial charge in [0.1, 0.15) is 0 Å². The summed E-state index contributed by atoms with van der Waals surface area (Å²) in [5.74, 6) is 0.802. The van der Waals surface area contributed by atoms with E-state index in [4.69, 9.17) is 5.10 Å². The van der Waals surface area contributed by atoms with Crippen molar-refractivity contribution in [1.82, 2.24) is 9.78 Å². The van der Waals surface area contributed by atoms with Crippen LogP contribution in [0.3, 0.4) is 0 Å². The molecule has 3 heteroatoms. The second kappa shape index (κ2) is 5.67. The number of hydrogen-bond acceptors (Lipinski definition) is 2. The van der Waals surface area contributed by atoms with E-state index in [1.165, 1.54) is 31.4 Å². The van der Waals surface area contributed by atoms with Crippen molar-refractivity contribution in [2.45, 2.75) is 65.5 Å². The first-order valence-electron chi connectivity index (χ1n) is 6.98. The minimum absolute atomic E-state index is 0.136. The van der Waals surface area contributed by atoms with Crippen molar-refractivity contribution >= 4 is 0 Å². The van der Waals surface area contributed by atoms with Gasteiger partial charge in [0.25, 0.3) is 0 Å². The minimum Gasteiger partial charge on any atom is -0.392 e. The van der Waals surface area contributed by atoms with Crippen LogP contribution in [0.1, 0.15) is 56.5 Å². The highest BCUT2D eigenvalue weighted by Crippen LogP contribution is 2.27. The largest absolute Gasteiger partial charge is 0.392 e. The molecule has 0 radical (unpaired) electrons. The van der Waals surface area contributed by atoms with Gasteiger partial charge < -0.3 is 5.11 Å². The summed E-state index contributed by atoms with van der Waals surface area (Å²) >= 11 is 0. The fourth-order valence-corrected chi connectivity index (χ4v) is 3.04. The van der Waals surface area contributed by atoms with Crippen LogP contribution in [0.5, 0.6) is 0 Å². The lowest BCUT2D eigenvalue weighted by atomic mass is 10.1. The second-order valence-corrected chi connectivity index (χ2v) is 5.07. The maximum atomic E-state index is 9.48. The highest BCUT2D eigenvalue weighted by atomic mass is 16.3. The lowest BCUT2D eigenvalue weighted by Gasteiger charge is -2.12. The molecular weight excluding hydrogens is 212 g/mol. The highest BCUT2D eigenvalue weighted by molar-refractivity contribution is 5.26. The van der Waals surface area contributed by atoms with E-state index in [1.54, 1.807) is 0 Å². The van der Waals surface area contributed by atoms with Crippen molar-refractivity contribution in [3.8, 4) is 0 Å². The Kier molecular flexibility index (Phi) is 4.21. The Morgan fingerprint density at radius 2 is 1.94 bits per heavy atom. The van der Waals surface area contributed by atoms with Crippen LogP contribution in [-0.4, -0.2) is 14.9 Å². The van der Waals surface area contributed by atoms with Crippen molar-refractivity contribution in [2.75, 3.05) is 0 Å². The van der Waals surface area contributed by atoms with Crippen LogP contribution in [0.2, 0.25) is 0 Å². The van der Waals surface area contributed by atoms with Crippen molar-refractivity contribution < 1.29 is 5.11 Å². The van der Waals surface area contributed by atoms with E-state index >= 15 is 0 Å². The Hall–Kier alpha value is -0.830. The van der Waals surface area contributed by atoms with Gasteiger partial charge in [0.05, 0.1) is 12.3 Å². The van der Waals surface area contributed by atoms with E-state index in [-0.39, 0.29) is 6.61 Å². The summed E-state index contributed by atoms with van der Waals surface area (Å²) in [6.07, 6.45) is 7.33. The van der Waals surface area contributed by atoms with Crippen LogP contribution in [-0.2, 0) is 26.0 Å². The smallest absolute Gasteiger partial charge is 0.0718 e. The molecule has 0 atom stereocenters. The monoisotopic (exact) mass is 236 g/mol.